The number of methoxy groups -OCH3 is 1. The van der Waals surface area contributed by atoms with Crippen molar-refractivity contribution >= 4 is 11.9 Å². The molecule has 0 aliphatic carbocycles. The maximum atomic E-state index is 11.8. The van der Waals surface area contributed by atoms with Gasteiger partial charge in [0.05, 0.1) is 20.0 Å². The van der Waals surface area contributed by atoms with Crippen molar-refractivity contribution in [3.63, 3.8) is 0 Å². The number of aromatic nitrogens is 2. The molecular weight excluding hydrogens is 424 g/mol. The van der Waals surface area contributed by atoms with E-state index >= 15 is 0 Å². The van der Waals surface area contributed by atoms with Crippen LogP contribution in [-0.2, 0) is 35.2 Å². The molecule has 0 saturated heterocycles. The molecule has 174 valence electrons. The van der Waals surface area contributed by atoms with E-state index in [1.165, 1.54) is 13.4 Å². The molecule has 1 aromatic rings. The summed E-state index contributed by atoms with van der Waals surface area (Å²) in [5.74, 6) is -0.934. The summed E-state index contributed by atoms with van der Waals surface area (Å²) in [5.41, 5.74) is 0.760. The highest BCUT2D eigenvalue weighted by Crippen LogP contribution is 2.00. The molecule has 1 aromatic heterocycles. The van der Waals surface area contributed by atoms with Crippen molar-refractivity contribution in [1.82, 2.24) is 20.6 Å². The maximum absolute atomic E-state index is 11.8. The Kier molecular flexibility index (Phi) is 11.9. The van der Waals surface area contributed by atoms with Crippen LogP contribution in [0.2, 0.25) is 0 Å². The van der Waals surface area contributed by atoms with E-state index in [1.807, 2.05) is 0 Å². The summed E-state index contributed by atoms with van der Waals surface area (Å²) in [5, 5.41) is 23.8. The van der Waals surface area contributed by atoms with Crippen molar-refractivity contribution in [3.8, 4) is 0 Å². The highest BCUT2D eigenvalue weighted by molar-refractivity contribution is 5.77. The minimum Gasteiger partial charge on any atom is -0.468 e. The van der Waals surface area contributed by atoms with Gasteiger partial charge in [0.1, 0.15) is 19.3 Å². The second kappa shape index (κ2) is 14.5. The Morgan fingerprint density at radius 1 is 1.23 bits per heavy atom. The molecule has 0 radical (unpaired) electrons. The van der Waals surface area contributed by atoms with Gasteiger partial charge in [-0.2, -0.15) is 0 Å². The summed E-state index contributed by atoms with van der Waals surface area (Å²) < 4.78 is 9.71. The van der Waals surface area contributed by atoms with E-state index in [1.54, 1.807) is 6.20 Å². The molecule has 0 unspecified atom stereocenters. The third kappa shape index (κ3) is 11.9. The minimum absolute atomic E-state index is 0.270. The first-order valence-corrected chi connectivity index (χ1v) is 9.03. The van der Waals surface area contributed by atoms with Crippen molar-refractivity contribution in [2.45, 2.75) is 25.0 Å². The number of nitrogens with one attached hydrogen (secondary N) is 3. The number of carbonyl (C=O) groups excluding carboxylic acids is 2. The minimum atomic E-state index is -1.36. The standard InChI is InChI=1S/C15H24N6O10/c1-28-15(23)13(5-11-6-16-10-19-11)17-3-2-4-18-14(22)9-29-7-12(31-21(26)27)8-30-20(24)25/h6,10,12-13,17H,2-5,7-9H2,1H3,(H,16,19)(H,18,22)/t12-,13-/m0/s1. The highest BCUT2D eigenvalue weighted by atomic mass is 17.0. The van der Waals surface area contributed by atoms with Gasteiger partial charge in [-0.3, -0.25) is 9.59 Å². The molecule has 0 aliphatic heterocycles. The van der Waals surface area contributed by atoms with Crippen molar-refractivity contribution < 1.29 is 38.9 Å². The molecule has 0 aromatic carbocycles. The number of amides is 1. The van der Waals surface area contributed by atoms with Crippen LogP contribution in [0.1, 0.15) is 12.1 Å². The zero-order chi connectivity index (χ0) is 23.1. The van der Waals surface area contributed by atoms with Gasteiger partial charge < -0.3 is 34.8 Å². The molecule has 0 fully saturated rings. The first-order chi connectivity index (χ1) is 14.8. The first-order valence-electron chi connectivity index (χ1n) is 9.03. The third-order valence-corrected chi connectivity index (χ3v) is 3.67. The van der Waals surface area contributed by atoms with Gasteiger partial charge in [0, 0.05) is 24.9 Å². The second-order valence-electron chi connectivity index (χ2n) is 6.00. The average molecular weight is 448 g/mol. The van der Waals surface area contributed by atoms with E-state index in [0.29, 0.717) is 19.4 Å². The molecule has 31 heavy (non-hydrogen) atoms. The van der Waals surface area contributed by atoms with Crippen molar-refractivity contribution in [3.05, 3.63) is 38.4 Å². The molecule has 0 spiro atoms. The van der Waals surface area contributed by atoms with Gasteiger partial charge >= 0.3 is 5.97 Å². The Labute approximate surface area is 175 Å². The summed E-state index contributed by atoms with van der Waals surface area (Å²) >= 11 is 0. The molecule has 16 nitrogen and oxygen atoms in total. The summed E-state index contributed by atoms with van der Waals surface area (Å²) in [6.45, 7) is -0.939. The van der Waals surface area contributed by atoms with Crippen LogP contribution in [0.4, 0.5) is 0 Å². The number of imidazole rings is 1. The molecule has 16 heteroatoms. The van der Waals surface area contributed by atoms with E-state index in [2.05, 4.69) is 30.3 Å². The molecule has 0 saturated carbocycles. The Bertz CT molecular complexity index is 700. The van der Waals surface area contributed by atoms with E-state index in [9.17, 15) is 29.8 Å². The first kappa shape index (κ1) is 25.5. The van der Waals surface area contributed by atoms with Crippen LogP contribution >= 0.6 is 0 Å². The van der Waals surface area contributed by atoms with Gasteiger partial charge in [-0.1, -0.05) is 0 Å². The molecule has 1 amide bonds. The topological polar surface area (TPSA) is 210 Å². The molecule has 0 aliphatic rings. The van der Waals surface area contributed by atoms with Gasteiger partial charge in [0.25, 0.3) is 10.2 Å². The normalized spacial score (nSPS) is 12.4. The van der Waals surface area contributed by atoms with Crippen LogP contribution in [0.15, 0.2) is 12.5 Å². The predicted molar refractivity (Wildman–Crippen MR) is 99.4 cm³/mol. The molecule has 0 bridgehead atoms. The smallest absolute Gasteiger partial charge is 0.323 e. The number of rotatable bonds is 17. The lowest BCUT2D eigenvalue weighted by Crippen LogP contribution is -2.41. The molecule has 2 atom stereocenters. The van der Waals surface area contributed by atoms with E-state index in [0.717, 1.165) is 5.69 Å². The third-order valence-electron chi connectivity index (χ3n) is 3.67. The molecule has 1 heterocycles. The monoisotopic (exact) mass is 448 g/mol. The maximum Gasteiger partial charge on any atom is 0.323 e. The van der Waals surface area contributed by atoms with Crippen molar-refractivity contribution in [2.24, 2.45) is 0 Å². The van der Waals surface area contributed by atoms with Gasteiger partial charge in [0.2, 0.25) is 5.91 Å². The largest absolute Gasteiger partial charge is 0.468 e. The summed E-state index contributed by atoms with van der Waals surface area (Å²) in [7, 11) is 1.29. The lowest BCUT2D eigenvalue weighted by atomic mass is 10.1. The fourth-order valence-electron chi connectivity index (χ4n) is 2.30. The SMILES string of the molecule is COC(=O)[C@H](Cc1cnc[nH]1)NCCCNC(=O)COC[C@@H](CO[N+](=O)[O-])O[N+](=O)[O-]. The number of ether oxygens (including phenoxy) is 2. The summed E-state index contributed by atoms with van der Waals surface area (Å²) in [6.07, 6.45) is 2.60. The fourth-order valence-corrected chi connectivity index (χ4v) is 2.30. The number of aromatic amines is 1. The summed E-state index contributed by atoms with van der Waals surface area (Å²) in [4.78, 5) is 59.0. The van der Waals surface area contributed by atoms with Crippen LogP contribution in [0.3, 0.4) is 0 Å². The van der Waals surface area contributed by atoms with Gasteiger partial charge in [-0.25, -0.2) is 4.98 Å². The van der Waals surface area contributed by atoms with Gasteiger partial charge in [0.15, 0.2) is 6.10 Å². The van der Waals surface area contributed by atoms with Crippen LogP contribution in [0, 0.1) is 20.2 Å². The Morgan fingerprint density at radius 2 is 2.00 bits per heavy atom. The number of nitrogens with zero attached hydrogens (tertiary/aromatic N) is 3. The Morgan fingerprint density at radius 3 is 2.61 bits per heavy atom. The number of esters is 1. The van der Waals surface area contributed by atoms with Crippen LogP contribution in [-0.4, -0.2) is 84.2 Å². The Balaban J connectivity index is 2.22. The zero-order valence-electron chi connectivity index (χ0n) is 16.7. The highest BCUT2D eigenvalue weighted by Gasteiger charge is 2.19. The Hall–Kier alpha value is -3.53. The van der Waals surface area contributed by atoms with Crippen LogP contribution in [0.5, 0.6) is 0 Å². The molecular formula is C15H24N6O10. The van der Waals surface area contributed by atoms with E-state index in [-0.39, 0.29) is 6.54 Å². The quantitative estimate of drug-likeness (QED) is 0.106. The van der Waals surface area contributed by atoms with E-state index in [4.69, 9.17) is 9.47 Å². The van der Waals surface area contributed by atoms with Crippen LogP contribution in [0.25, 0.3) is 0 Å². The zero-order valence-corrected chi connectivity index (χ0v) is 16.7. The van der Waals surface area contributed by atoms with Crippen LogP contribution < -0.4 is 10.6 Å². The van der Waals surface area contributed by atoms with E-state index < -0.39 is 54.0 Å². The number of hydrogen-bond donors (Lipinski definition) is 3. The fraction of sp³-hybridized carbons (Fsp3) is 0.667. The number of H-pyrrole nitrogens is 1. The van der Waals surface area contributed by atoms with Crippen molar-refractivity contribution in [2.75, 3.05) is 40.0 Å². The van der Waals surface area contributed by atoms with Gasteiger partial charge in [-0.15, -0.1) is 20.2 Å². The molecule has 1 rings (SSSR count). The average Bonchev–Trinajstić information content (AvgIpc) is 3.23. The second-order valence-corrected chi connectivity index (χ2v) is 6.00. The predicted octanol–water partition coefficient (Wildman–Crippen LogP) is -1.61. The number of carbonyl (C=O) groups is 2. The van der Waals surface area contributed by atoms with Crippen molar-refractivity contribution in [1.29, 1.82) is 0 Å². The lowest BCUT2D eigenvalue weighted by molar-refractivity contribution is -0.790. The van der Waals surface area contributed by atoms with Gasteiger partial charge in [-0.05, 0) is 13.0 Å². The molecule has 3 N–H and O–H groups in total. The lowest BCUT2D eigenvalue weighted by Gasteiger charge is -2.16. The number of hydrogen-bond acceptors (Lipinski definition) is 12. The summed E-state index contributed by atoms with van der Waals surface area (Å²) in [6, 6.07) is -0.579.